The number of fused-ring (bicyclic) bond motifs is 1. The topological polar surface area (TPSA) is 47.0 Å². The molecule has 1 N–H and O–H groups in total. The Bertz CT molecular complexity index is 527. The molecule has 3 rings (SSSR count). The molecule has 18 heavy (non-hydrogen) atoms. The smallest absolute Gasteiger partial charge is 0.205 e. The fraction of sp³-hybridized carbons (Fsp3) is 0.385. The zero-order valence-electron chi connectivity index (χ0n) is 10.2. The number of anilines is 1. The maximum Gasteiger partial charge on any atom is 0.205 e. The summed E-state index contributed by atoms with van der Waals surface area (Å²) in [5.41, 5.74) is 4.16. The van der Waals surface area contributed by atoms with Crippen LogP contribution in [0.5, 0.6) is 5.75 Å². The summed E-state index contributed by atoms with van der Waals surface area (Å²) in [7, 11) is 0. The molecule has 0 bridgehead atoms. The molecule has 94 valence electrons. The molecule has 0 saturated heterocycles. The molecule has 1 atom stereocenters. The van der Waals surface area contributed by atoms with E-state index in [1.54, 1.807) is 5.51 Å². The first-order valence-electron chi connectivity index (χ1n) is 6.09. The van der Waals surface area contributed by atoms with E-state index in [-0.39, 0.29) is 6.04 Å². The Morgan fingerprint density at radius 2 is 2.39 bits per heavy atom. The second-order valence-corrected chi connectivity index (χ2v) is 5.26. The summed E-state index contributed by atoms with van der Waals surface area (Å²) in [6.45, 7) is 2.87. The average Bonchev–Trinajstić information content (AvgIpc) is 2.79. The van der Waals surface area contributed by atoms with Gasteiger partial charge in [0.25, 0.3) is 0 Å². The van der Waals surface area contributed by atoms with Crippen molar-refractivity contribution in [2.45, 2.75) is 25.8 Å². The van der Waals surface area contributed by atoms with Crippen molar-refractivity contribution >= 4 is 16.5 Å². The number of aromatic nitrogens is 2. The summed E-state index contributed by atoms with van der Waals surface area (Å²) in [5, 5.41) is 12.2. The molecular weight excluding hydrogens is 246 g/mol. The number of hydrogen-bond acceptors (Lipinski definition) is 5. The van der Waals surface area contributed by atoms with Gasteiger partial charge in [0, 0.05) is 5.56 Å². The van der Waals surface area contributed by atoms with Crippen LogP contribution in [0.2, 0.25) is 0 Å². The Labute approximate surface area is 110 Å². The number of ether oxygens (including phenoxy) is 1. The van der Waals surface area contributed by atoms with Crippen LogP contribution in [0.4, 0.5) is 5.13 Å². The minimum absolute atomic E-state index is 0.260. The number of aryl methyl sites for hydroxylation is 1. The van der Waals surface area contributed by atoms with E-state index < -0.39 is 0 Å². The second kappa shape index (κ2) is 4.94. The van der Waals surface area contributed by atoms with E-state index in [2.05, 4.69) is 40.6 Å². The van der Waals surface area contributed by atoms with Gasteiger partial charge in [-0.1, -0.05) is 29.5 Å². The lowest BCUT2D eigenvalue weighted by atomic mass is 10.00. The van der Waals surface area contributed by atoms with Crippen LogP contribution in [0.25, 0.3) is 0 Å². The average molecular weight is 261 g/mol. The van der Waals surface area contributed by atoms with E-state index >= 15 is 0 Å². The van der Waals surface area contributed by atoms with Gasteiger partial charge in [-0.25, -0.2) is 0 Å². The van der Waals surface area contributed by atoms with Crippen molar-refractivity contribution in [2.24, 2.45) is 0 Å². The molecule has 0 amide bonds. The van der Waals surface area contributed by atoms with Crippen LogP contribution in [-0.2, 0) is 0 Å². The van der Waals surface area contributed by atoms with Gasteiger partial charge in [0.2, 0.25) is 5.13 Å². The Balaban J connectivity index is 1.94. The van der Waals surface area contributed by atoms with Gasteiger partial charge in [0.05, 0.1) is 12.6 Å². The highest BCUT2D eigenvalue weighted by atomic mass is 32.1. The van der Waals surface area contributed by atoms with Crippen molar-refractivity contribution in [3.63, 3.8) is 0 Å². The quantitative estimate of drug-likeness (QED) is 0.902. The molecule has 0 spiro atoms. The summed E-state index contributed by atoms with van der Waals surface area (Å²) >= 11 is 1.53. The number of rotatable bonds is 2. The highest BCUT2D eigenvalue weighted by Gasteiger charge is 2.21. The van der Waals surface area contributed by atoms with Crippen LogP contribution in [0, 0.1) is 6.92 Å². The molecule has 1 aliphatic heterocycles. The third-order valence-electron chi connectivity index (χ3n) is 3.16. The largest absolute Gasteiger partial charge is 0.493 e. The first kappa shape index (κ1) is 11.5. The Morgan fingerprint density at radius 3 is 3.22 bits per heavy atom. The molecule has 2 heterocycles. The van der Waals surface area contributed by atoms with Gasteiger partial charge in [0.15, 0.2) is 0 Å². The van der Waals surface area contributed by atoms with Crippen molar-refractivity contribution in [1.29, 1.82) is 0 Å². The molecule has 1 aromatic carbocycles. The SMILES string of the molecule is Cc1cccc2c1OCCCC2Nc1nncs1. The van der Waals surface area contributed by atoms with Crippen molar-refractivity contribution < 1.29 is 4.74 Å². The highest BCUT2D eigenvalue weighted by molar-refractivity contribution is 7.13. The van der Waals surface area contributed by atoms with Gasteiger partial charge in [-0.15, -0.1) is 10.2 Å². The fourth-order valence-electron chi connectivity index (χ4n) is 2.30. The Kier molecular flexibility index (Phi) is 3.15. The fourth-order valence-corrected chi connectivity index (χ4v) is 2.80. The Morgan fingerprint density at radius 1 is 1.44 bits per heavy atom. The van der Waals surface area contributed by atoms with E-state index in [9.17, 15) is 0 Å². The van der Waals surface area contributed by atoms with Gasteiger partial charge >= 0.3 is 0 Å². The van der Waals surface area contributed by atoms with Crippen LogP contribution in [0.1, 0.15) is 30.0 Å². The predicted octanol–water partition coefficient (Wildman–Crippen LogP) is 3.17. The van der Waals surface area contributed by atoms with Crippen LogP contribution in [0.15, 0.2) is 23.7 Å². The summed E-state index contributed by atoms with van der Waals surface area (Å²) in [4.78, 5) is 0. The summed E-state index contributed by atoms with van der Waals surface area (Å²) in [6.07, 6.45) is 2.10. The minimum Gasteiger partial charge on any atom is -0.493 e. The number of hydrogen-bond donors (Lipinski definition) is 1. The molecule has 0 aliphatic carbocycles. The molecular formula is C13H15N3OS. The van der Waals surface area contributed by atoms with Crippen molar-refractivity contribution in [2.75, 3.05) is 11.9 Å². The molecule has 1 aromatic heterocycles. The minimum atomic E-state index is 0.260. The Hall–Kier alpha value is -1.62. The van der Waals surface area contributed by atoms with Crippen LogP contribution < -0.4 is 10.1 Å². The number of para-hydroxylation sites is 1. The summed E-state index contributed by atoms with van der Waals surface area (Å²) < 4.78 is 5.86. The first-order chi connectivity index (χ1) is 8.84. The lowest BCUT2D eigenvalue weighted by Gasteiger charge is -2.18. The third kappa shape index (κ3) is 2.18. The number of nitrogens with one attached hydrogen (secondary N) is 1. The molecule has 5 heteroatoms. The molecule has 0 fully saturated rings. The van der Waals surface area contributed by atoms with Gasteiger partial charge < -0.3 is 10.1 Å². The molecule has 0 radical (unpaired) electrons. The summed E-state index contributed by atoms with van der Waals surface area (Å²) in [6, 6.07) is 6.56. The van der Waals surface area contributed by atoms with E-state index in [1.807, 2.05) is 0 Å². The second-order valence-electron chi connectivity index (χ2n) is 4.42. The normalized spacial score (nSPS) is 18.6. The van der Waals surface area contributed by atoms with E-state index in [4.69, 9.17) is 4.74 Å². The van der Waals surface area contributed by atoms with E-state index in [1.165, 1.54) is 22.5 Å². The van der Waals surface area contributed by atoms with Gasteiger partial charge in [0.1, 0.15) is 11.3 Å². The molecule has 0 saturated carbocycles. The highest BCUT2D eigenvalue weighted by Crippen LogP contribution is 2.36. The molecule has 4 nitrogen and oxygen atoms in total. The van der Waals surface area contributed by atoms with Gasteiger partial charge in [-0.3, -0.25) is 0 Å². The van der Waals surface area contributed by atoms with E-state index in [0.717, 1.165) is 30.3 Å². The predicted molar refractivity (Wildman–Crippen MR) is 72.2 cm³/mol. The van der Waals surface area contributed by atoms with Gasteiger partial charge in [-0.2, -0.15) is 0 Å². The maximum atomic E-state index is 5.86. The van der Waals surface area contributed by atoms with Crippen molar-refractivity contribution in [3.8, 4) is 5.75 Å². The number of benzene rings is 1. The third-order valence-corrected chi connectivity index (χ3v) is 3.78. The first-order valence-corrected chi connectivity index (χ1v) is 6.97. The summed E-state index contributed by atoms with van der Waals surface area (Å²) in [5.74, 6) is 1.03. The monoisotopic (exact) mass is 261 g/mol. The maximum absolute atomic E-state index is 5.86. The van der Waals surface area contributed by atoms with Crippen molar-refractivity contribution in [3.05, 3.63) is 34.8 Å². The van der Waals surface area contributed by atoms with E-state index in [0.29, 0.717) is 0 Å². The standard InChI is InChI=1S/C13H15N3OS/c1-9-4-2-5-10-11(6-3-7-17-12(9)10)15-13-16-14-8-18-13/h2,4-5,8,11H,3,6-7H2,1H3,(H,15,16). The number of nitrogens with zero attached hydrogens (tertiary/aromatic N) is 2. The lowest BCUT2D eigenvalue weighted by Crippen LogP contribution is -2.10. The van der Waals surface area contributed by atoms with Crippen LogP contribution in [-0.4, -0.2) is 16.8 Å². The molecule has 1 aliphatic rings. The zero-order valence-corrected chi connectivity index (χ0v) is 11.0. The molecule has 2 aromatic rings. The van der Waals surface area contributed by atoms with Gasteiger partial charge in [-0.05, 0) is 25.3 Å². The van der Waals surface area contributed by atoms with Crippen molar-refractivity contribution in [1.82, 2.24) is 10.2 Å². The lowest BCUT2D eigenvalue weighted by molar-refractivity contribution is 0.314. The van der Waals surface area contributed by atoms with Crippen LogP contribution in [0.3, 0.4) is 0 Å². The zero-order chi connectivity index (χ0) is 12.4. The molecule has 1 unspecified atom stereocenters. The van der Waals surface area contributed by atoms with Crippen LogP contribution >= 0.6 is 11.3 Å².